The number of carbonyl (C=O) groups excluding carboxylic acids is 1. The fourth-order valence-electron chi connectivity index (χ4n) is 2.90. The van der Waals surface area contributed by atoms with Gasteiger partial charge in [0.2, 0.25) is 0 Å². The molecule has 1 atom stereocenters. The third-order valence-electron chi connectivity index (χ3n) is 4.51. The first-order valence-corrected chi connectivity index (χ1v) is 9.37. The van der Waals surface area contributed by atoms with Crippen molar-refractivity contribution in [3.05, 3.63) is 70.8 Å². The summed E-state index contributed by atoms with van der Waals surface area (Å²) >= 11 is 1.60. The quantitative estimate of drug-likeness (QED) is 0.883. The van der Waals surface area contributed by atoms with E-state index in [4.69, 9.17) is 5.73 Å². The van der Waals surface area contributed by atoms with Crippen LogP contribution in [0.1, 0.15) is 40.4 Å². The Kier molecular flexibility index (Phi) is 5.13. The second-order valence-electron chi connectivity index (χ2n) is 6.57. The van der Waals surface area contributed by atoms with Crippen LogP contribution >= 0.6 is 11.8 Å². The van der Waals surface area contributed by atoms with Crippen molar-refractivity contribution in [3.63, 3.8) is 0 Å². The van der Waals surface area contributed by atoms with Crippen LogP contribution in [-0.4, -0.2) is 16.8 Å². The molecule has 2 aromatic carbocycles. The number of hydrogen-bond donors (Lipinski definition) is 2. The van der Waals surface area contributed by atoms with Gasteiger partial charge in [0, 0.05) is 17.9 Å². The Bertz CT molecular complexity index is 801. The van der Waals surface area contributed by atoms with Crippen molar-refractivity contribution >= 4 is 22.8 Å². The van der Waals surface area contributed by atoms with E-state index in [1.165, 1.54) is 0 Å². The van der Waals surface area contributed by atoms with Crippen LogP contribution in [-0.2, 0) is 12.1 Å². The maximum Gasteiger partial charge on any atom is 0.251 e. The summed E-state index contributed by atoms with van der Waals surface area (Å²) in [6.45, 7) is 4.61. The summed E-state index contributed by atoms with van der Waals surface area (Å²) in [6.07, 6.45) is 0.956. The predicted octanol–water partition coefficient (Wildman–Crippen LogP) is 3.59. The minimum absolute atomic E-state index is 0.0621. The average Bonchev–Trinajstić information content (AvgIpc) is 2.60. The number of aryl methyl sites for hydroxylation is 1. The molecular weight excluding hydrogens is 330 g/mol. The first-order valence-electron chi connectivity index (χ1n) is 8.39. The maximum absolute atomic E-state index is 12.3. The summed E-state index contributed by atoms with van der Waals surface area (Å²) < 4.78 is 0. The van der Waals surface area contributed by atoms with Crippen LogP contribution in [0.3, 0.4) is 0 Å². The first kappa shape index (κ1) is 17.5. The molecule has 25 heavy (non-hydrogen) atoms. The number of nitrogens with zero attached hydrogens (tertiary/aromatic N) is 1. The van der Waals surface area contributed by atoms with Crippen LogP contribution in [0.25, 0.3) is 0 Å². The Balaban J connectivity index is 1.71. The van der Waals surface area contributed by atoms with Gasteiger partial charge in [-0.3, -0.25) is 9.79 Å². The molecule has 5 heteroatoms. The Labute approximate surface area is 152 Å². The van der Waals surface area contributed by atoms with Crippen LogP contribution in [0.4, 0.5) is 0 Å². The van der Waals surface area contributed by atoms with Crippen molar-refractivity contribution in [2.75, 3.05) is 5.75 Å². The zero-order valence-electron chi connectivity index (χ0n) is 14.6. The normalized spacial score (nSPS) is 20.0. The average molecular weight is 353 g/mol. The molecule has 0 saturated carbocycles. The SMILES string of the molecule is Cc1ccc(C(=O)NCc2cccc(C3(C)CCSC(N)=N3)c2)cc1. The zero-order chi connectivity index (χ0) is 17.9. The molecule has 1 unspecified atom stereocenters. The number of nitrogens with one attached hydrogen (secondary N) is 1. The Morgan fingerprint density at radius 2 is 2.04 bits per heavy atom. The van der Waals surface area contributed by atoms with Crippen LogP contribution in [0.5, 0.6) is 0 Å². The van der Waals surface area contributed by atoms with E-state index in [9.17, 15) is 4.79 Å². The number of thioether (sulfide) groups is 1. The number of carbonyl (C=O) groups is 1. The molecule has 1 amide bonds. The molecule has 0 radical (unpaired) electrons. The van der Waals surface area contributed by atoms with Crippen molar-refractivity contribution in [2.24, 2.45) is 10.7 Å². The van der Waals surface area contributed by atoms with Gasteiger partial charge in [-0.2, -0.15) is 0 Å². The van der Waals surface area contributed by atoms with Gasteiger partial charge in [-0.25, -0.2) is 0 Å². The minimum atomic E-state index is -0.285. The molecule has 0 spiro atoms. The number of rotatable bonds is 4. The summed E-state index contributed by atoms with van der Waals surface area (Å²) in [4.78, 5) is 16.9. The molecule has 1 heterocycles. The van der Waals surface area contributed by atoms with Gasteiger partial charge in [-0.05, 0) is 43.5 Å². The highest BCUT2D eigenvalue weighted by molar-refractivity contribution is 8.13. The molecule has 0 aliphatic carbocycles. The van der Waals surface area contributed by atoms with Crippen molar-refractivity contribution in [3.8, 4) is 0 Å². The second-order valence-corrected chi connectivity index (χ2v) is 7.69. The number of hydrogen-bond acceptors (Lipinski definition) is 4. The van der Waals surface area contributed by atoms with E-state index in [-0.39, 0.29) is 11.4 Å². The van der Waals surface area contributed by atoms with E-state index in [1.54, 1.807) is 11.8 Å². The van der Waals surface area contributed by atoms with E-state index < -0.39 is 0 Å². The van der Waals surface area contributed by atoms with Crippen LogP contribution in [0.15, 0.2) is 53.5 Å². The van der Waals surface area contributed by atoms with E-state index >= 15 is 0 Å². The number of nitrogens with two attached hydrogens (primary N) is 1. The summed E-state index contributed by atoms with van der Waals surface area (Å²) in [7, 11) is 0. The second kappa shape index (κ2) is 7.31. The van der Waals surface area contributed by atoms with Gasteiger partial charge in [0.15, 0.2) is 5.17 Å². The lowest BCUT2D eigenvalue weighted by Gasteiger charge is -2.30. The van der Waals surface area contributed by atoms with Crippen LogP contribution < -0.4 is 11.1 Å². The number of amides is 1. The first-order chi connectivity index (χ1) is 12.0. The molecule has 1 aliphatic rings. The smallest absolute Gasteiger partial charge is 0.251 e. The highest BCUT2D eigenvalue weighted by Crippen LogP contribution is 2.35. The lowest BCUT2D eigenvalue weighted by atomic mass is 9.89. The third-order valence-corrected chi connectivity index (χ3v) is 5.31. The van der Waals surface area contributed by atoms with Gasteiger partial charge in [0.25, 0.3) is 5.91 Å². The number of amidine groups is 1. The van der Waals surface area contributed by atoms with Gasteiger partial charge in [0.05, 0.1) is 5.54 Å². The van der Waals surface area contributed by atoms with Crippen molar-refractivity contribution < 1.29 is 4.79 Å². The predicted molar refractivity (Wildman–Crippen MR) is 105 cm³/mol. The molecule has 0 fully saturated rings. The molecule has 130 valence electrons. The van der Waals surface area contributed by atoms with Gasteiger partial charge < -0.3 is 11.1 Å². The molecule has 2 aromatic rings. The van der Waals surface area contributed by atoms with Crippen molar-refractivity contribution in [1.29, 1.82) is 0 Å². The fraction of sp³-hybridized carbons (Fsp3) is 0.300. The van der Waals surface area contributed by atoms with Gasteiger partial charge >= 0.3 is 0 Å². The number of aliphatic imine (C=N–C) groups is 1. The third kappa shape index (κ3) is 4.23. The molecule has 3 N–H and O–H groups in total. The number of benzene rings is 2. The molecule has 0 saturated heterocycles. The topological polar surface area (TPSA) is 67.5 Å². The molecule has 3 rings (SSSR count). The Morgan fingerprint density at radius 3 is 2.76 bits per heavy atom. The van der Waals surface area contributed by atoms with Crippen LogP contribution in [0, 0.1) is 6.92 Å². The van der Waals surface area contributed by atoms with Gasteiger partial charge in [-0.15, -0.1) is 0 Å². The summed E-state index contributed by atoms with van der Waals surface area (Å²) in [5.41, 5.74) is 9.65. The molecule has 0 aromatic heterocycles. The van der Waals surface area contributed by atoms with Gasteiger partial charge in [-0.1, -0.05) is 53.7 Å². The monoisotopic (exact) mass is 353 g/mol. The molecule has 4 nitrogen and oxygen atoms in total. The lowest BCUT2D eigenvalue weighted by molar-refractivity contribution is 0.0951. The summed E-state index contributed by atoms with van der Waals surface area (Å²) in [6, 6.07) is 15.8. The highest BCUT2D eigenvalue weighted by Gasteiger charge is 2.29. The zero-order valence-corrected chi connectivity index (χ0v) is 15.4. The Hall–Kier alpha value is -2.27. The fourth-order valence-corrected chi connectivity index (χ4v) is 3.87. The highest BCUT2D eigenvalue weighted by atomic mass is 32.2. The van der Waals surface area contributed by atoms with Crippen molar-refractivity contribution in [2.45, 2.75) is 32.4 Å². The summed E-state index contributed by atoms with van der Waals surface area (Å²) in [5.74, 6) is 0.910. The minimum Gasteiger partial charge on any atom is -0.379 e. The molecule has 0 bridgehead atoms. The van der Waals surface area contributed by atoms with E-state index in [0.29, 0.717) is 17.3 Å². The maximum atomic E-state index is 12.3. The van der Waals surface area contributed by atoms with Gasteiger partial charge in [0.1, 0.15) is 0 Å². The summed E-state index contributed by atoms with van der Waals surface area (Å²) in [5, 5.41) is 3.63. The lowest BCUT2D eigenvalue weighted by Crippen LogP contribution is -2.29. The van der Waals surface area contributed by atoms with Crippen LogP contribution in [0.2, 0.25) is 0 Å². The van der Waals surface area contributed by atoms with E-state index in [2.05, 4.69) is 29.4 Å². The molecule has 1 aliphatic heterocycles. The standard InChI is InChI=1S/C20H23N3OS/c1-14-6-8-16(9-7-14)18(24)22-13-15-4-3-5-17(12-15)20(2)10-11-25-19(21)23-20/h3-9,12H,10-11,13H2,1-2H3,(H2,21,23)(H,22,24). The van der Waals surface area contributed by atoms with E-state index in [0.717, 1.165) is 28.9 Å². The molecular formula is C20H23N3OS. The van der Waals surface area contributed by atoms with E-state index in [1.807, 2.05) is 43.3 Å². The largest absolute Gasteiger partial charge is 0.379 e. The Morgan fingerprint density at radius 1 is 1.28 bits per heavy atom. The van der Waals surface area contributed by atoms with Crippen molar-refractivity contribution in [1.82, 2.24) is 5.32 Å².